The van der Waals surface area contributed by atoms with Crippen molar-refractivity contribution in [2.75, 3.05) is 13.1 Å². The van der Waals surface area contributed by atoms with E-state index < -0.39 is 0 Å². The molecule has 0 atom stereocenters. The Labute approximate surface area is 132 Å². The van der Waals surface area contributed by atoms with Gasteiger partial charge in [-0.05, 0) is 42.1 Å². The number of hydrogen-bond acceptors (Lipinski definition) is 3. The minimum absolute atomic E-state index is 0.971. The van der Waals surface area contributed by atoms with Gasteiger partial charge in [-0.15, -0.1) is 11.3 Å². The first-order valence-electron chi connectivity index (χ1n) is 7.85. The zero-order valence-electron chi connectivity index (χ0n) is 13.1. The van der Waals surface area contributed by atoms with Crippen LogP contribution in [0.15, 0.2) is 41.8 Å². The van der Waals surface area contributed by atoms with Crippen LogP contribution < -0.4 is 5.32 Å². The molecule has 0 aliphatic rings. The van der Waals surface area contributed by atoms with E-state index in [0.29, 0.717) is 0 Å². The summed E-state index contributed by atoms with van der Waals surface area (Å²) in [7, 11) is 0. The van der Waals surface area contributed by atoms with Crippen LogP contribution in [-0.4, -0.2) is 18.0 Å². The topological polar surface area (TPSA) is 15.3 Å². The lowest BCUT2D eigenvalue weighted by Gasteiger charge is -2.20. The first kappa shape index (κ1) is 16.2. The summed E-state index contributed by atoms with van der Waals surface area (Å²) in [6.07, 6.45) is 1.18. The average molecular weight is 302 g/mol. The van der Waals surface area contributed by atoms with E-state index in [0.717, 1.165) is 32.7 Å². The van der Waals surface area contributed by atoms with Crippen LogP contribution in [-0.2, 0) is 19.6 Å². The molecule has 0 spiro atoms. The summed E-state index contributed by atoms with van der Waals surface area (Å²) >= 11 is 1.84. The molecule has 0 amide bonds. The second-order valence-corrected chi connectivity index (χ2v) is 6.41. The molecule has 2 rings (SSSR count). The van der Waals surface area contributed by atoms with Gasteiger partial charge in [-0.2, -0.15) is 0 Å². The maximum Gasteiger partial charge on any atom is 0.0331 e. The van der Waals surface area contributed by atoms with Crippen LogP contribution in [0.4, 0.5) is 0 Å². The van der Waals surface area contributed by atoms with E-state index in [-0.39, 0.29) is 0 Å². The van der Waals surface area contributed by atoms with Gasteiger partial charge in [0.25, 0.3) is 0 Å². The van der Waals surface area contributed by atoms with E-state index in [4.69, 9.17) is 0 Å². The van der Waals surface area contributed by atoms with Gasteiger partial charge >= 0.3 is 0 Å². The molecule has 3 heteroatoms. The van der Waals surface area contributed by atoms with E-state index in [1.807, 2.05) is 11.3 Å². The first-order chi connectivity index (χ1) is 10.3. The van der Waals surface area contributed by atoms with Gasteiger partial charge in [-0.1, -0.05) is 44.2 Å². The van der Waals surface area contributed by atoms with E-state index in [9.17, 15) is 0 Å². The van der Waals surface area contributed by atoms with Crippen molar-refractivity contribution in [3.05, 3.63) is 57.8 Å². The molecule has 0 radical (unpaired) electrons. The summed E-state index contributed by atoms with van der Waals surface area (Å²) in [5.41, 5.74) is 2.79. The summed E-state index contributed by atoms with van der Waals surface area (Å²) in [6.45, 7) is 9.65. The fourth-order valence-electron chi connectivity index (χ4n) is 2.41. The van der Waals surface area contributed by atoms with Gasteiger partial charge in [0, 0.05) is 24.5 Å². The van der Waals surface area contributed by atoms with Crippen LogP contribution in [0, 0.1) is 0 Å². The number of nitrogens with one attached hydrogen (secondary N) is 1. The Balaban J connectivity index is 1.92. The predicted octanol–water partition coefficient (Wildman–Crippen LogP) is 4.27. The van der Waals surface area contributed by atoms with Gasteiger partial charge < -0.3 is 5.32 Å². The minimum Gasteiger partial charge on any atom is -0.313 e. The Morgan fingerprint density at radius 1 is 1.05 bits per heavy atom. The molecule has 1 aromatic heterocycles. The lowest BCUT2D eigenvalue weighted by atomic mass is 10.1. The molecule has 0 saturated carbocycles. The fourth-order valence-corrected chi connectivity index (χ4v) is 3.15. The molecule has 1 N–H and O–H groups in total. The van der Waals surface area contributed by atoms with Crippen LogP contribution >= 0.6 is 11.3 Å². The largest absolute Gasteiger partial charge is 0.313 e. The summed E-state index contributed by atoms with van der Waals surface area (Å²) in [5, 5.41) is 5.63. The Bertz CT molecular complexity index is 508. The molecule has 0 bridgehead atoms. The summed E-state index contributed by atoms with van der Waals surface area (Å²) in [6, 6.07) is 13.3. The summed E-state index contributed by atoms with van der Waals surface area (Å²) < 4.78 is 0. The molecular weight excluding hydrogens is 276 g/mol. The summed E-state index contributed by atoms with van der Waals surface area (Å²) in [4.78, 5) is 3.93. The van der Waals surface area contributed by atoms with Crippen molar-refractivity contribution in [2.24, 2.45) is 0 Å². The Morgan fingerprint density at radius 3 is 2.62 bits per heavy atom. The normalized spacial score (nSPS) is 11.2. The molecule has 21 heavy (non-hydrogen) atoms. The Kier molecular flexibility index (Phi) is 6.93. The molecule has 1 heterocycles. The molecule has 114 valence electrons. The van der Waals surface area contributed by atoms with E-state index in [1.165, 1.54) is 22.4 Å². The number of benzene rings is 1. The van der Waals surface area contributed by atoms with Crippen molar-refractivity contribution in [2.45, 2.75) is 39.9 Å². The smallest absolute Gasteiger partial charge is 0.0331 e. The van der Waals surface area contributed by atoms with Crippen molar-refractivity contribution >= 4 is 11.3 Å². The van der Waals surface area contributed by atoms with E-state index >= 15 is 0 Å². The Morgan fingerprint density at radius 2 is 1.90 bits per heavy atom. The molecule has 0 aliphatic heterocycles. The third-order valence-electron chi connectivity index (χ3n) is 3.56. The first-order valence-corrected chi connectivity index (χ1v) is 8.73. The minimum atomic E-state index is 0.971. The standard InChI is InChI=1S/C18H26N2S/c1-3-10-19-13-16-7-5-8-17(12-16)14-20(4-2)15-18-9-6-11-21-18/h5-9,11-12,19H,3-4,10,13-15H2,1-2H3. The molecule has 0 aliphatic carbocycles. The molecule has 0 unspecified atom stereocenters. The maximum absolute atomic E-state index is 3.47. The molecule has 2 nitrogen and oxygen atoms in total. The van der Waals surface area contributed by atoms with Crippen LogP contribution in [0.25, 0.3) is 0 Å². The van der Waals surface area contributed by atoms with Crippen molar-refractivity contribution in [1.82, 2.24) is 10.2 Å². The highest BCUT2D eigenvalue weighted by Crippen LogP contribution is 2.15. The zero-order valence-corrected chi connectivity index (χ0v) is 14.0. The SMILES string of the molecule is CCCNCc1cccc(CN(CC)Cc2cccs2)c1. The maximum atomic E-state index is 3.47. The van der Waals surface area contributed by atoms with Gasteiger partial charge in [0.1, 0.15) is 0 Å². The zero-order chi connectivity index (χ0) is 14.9. The van der Waals surface area contributed by atoms with Crippen LogP contribution in [0.5, 0.6) is 0 Å². The van der Waals surface area contributed by atoms with Crippen molar-refractivity contribution in [3.8, 4) is 0 Å². The van der Waals surface area contributed by atoms with Gasteiger partial charge in [0.15, 0.2) is 0 Å². The highest BCUT2D eigenvalue weighted by molar-refractivity contribution is 7.09. The number of hydrogen-bond donors (Lipinski definition) is 1. The molecule has 2 aromatic rings. The molecule has 0 fully saturated rings. The van der Waals surface area contributed by atoms with Crippen molar-refractivity contribution < 1.29 is 0 Å². The van der Waals surface area contributed by atoms with Crippen LogP contribution in [0.3, 0.4) is 0 Å². The van der Waals surface area contributed by atoms with Gasteiger partial charge in [-0.25, -0.2) is 0 Å². The highest BCUT2D eigenvalue weighted by atomic mass is 32.1. The molecule has 1 aromatic carbocycles. The third kappa shape index (κ3) is 5.62. The fraction of sp³-hybridized carbons (Fsp3) is 0.444. The van der Waals surface area contributed by atoms with Crippen LogP contribution in [0.1, 0.15) is 36.3 Å². The monoisotopic (exact) mass is 302 g/mol. The third-order valence-corrected chi connectivity index (χ3v) is 4.42. The van der Waals surface area contributed by atoms with Crippen molar-refractivity contribution in [3.63, 3.8) is 0 Å². The highest BCUT2D eigenvalue weighted by Gasteiger charge is 2.06. The molecule has 0 saturated heterocycles. The predicted molar refractivity (Wildman–Crippen MR) is 92.5 cm³/mol. The van der Waals surface area contributed by atoms with Crippen molar-refractivity contribution in [1.29, 1.82) is 0 Å². The van der Waals surface area contributed by atoms with Gasteiger partial charge in [-0.3, -0.25) is 4.90 Å². The summed E-state index contributed by atoms with van der Waals surface area (Å²) in [5.74, 6) is 0. The number of rotatable bonds is 9. The van der Waals surface area contributed by atoms with Gasteiger partial charge in [0.2, 0.25) is 0 Å². The van der Waals surface area contributed by atoms with E-state index in [1.54, 1.807) is 0 Å². The molecular formula is C18H26N2S. The number of thiophene rings is 1. The lowest BCUT2D eigenvalue weighted by Crippen LogP contribution is -2.22. The Hall–Kier alpha value is -1.16. The average Bonchev–Trinajstić information content (AvgIpc) is 3.00. The quantitative estimate of drug-likeness (QED) is 0.696. The lowest BCUT2D eigenvalue weighted by molar-refractivity contribution is 0.274. The van der Waals surface area contributed by atoms with Crippen LogP contribution in [0.2, 0.25) is 0 Å². The second kappa shape index (κ2) is 8.98. The van der Waals surface area contributed by atoms with E-state index in [2.05, 4.69) is 65.8 Å². The number of nitrogens with zero attached hydrogens (tertiary/aromatic N) is 1. The second-order valence-electron chi connectivity index (χ2n) is 5.38. The van der Waals surface area contributed by atoms with Gasteiger partial charge in [0.05, 0.1) is 0 Å².